The summed E-state index contributed by atoms with van der Waals surface area (Å²) in [6.45, 7) is 0. The Hall–Kier alpha value is -3.12. The fraction of sp³-hybridized carbons (Fsp3) is 0.118. The lowest BCUT2D eigenvalue weighted by atomic mass is 10.1. The molecule has 1 aliphatic carbocycles. The van der Waals surface area contributed by atoms with Crippen LogP contribution in [0.3, 0.4) is 0 Å². The number of aromatic nitrogens is 2. The van der Waals surface area contributed by atoms with Crippen LogP contribution in [0.15, 0.2) is 42.5 Å². The highest BCUT2D eigenvalue weighted by Crippen LogP contribution is 2.33. The molecule has 0 saturated carbocycles. The summed E-state index contributed by atoms with van der Waals surface area (Å²) in [6.07, 6.45) is 1.33. The molecule has 1 aliphatic rings. The number of rotatable bonds is 3. The van der Waals surface area contributed by atoms with Gasteiger partial charge in [-0.05, 0) is 36.4 Å². The second kappa shape index (κ2) is 7.01. The van der Waals surface area contributed by atoms with Gasteiger partial charge in [-0.1, -0.05) is 6.08 Å². The van der Waals surface area contributed by atoms with E-state index in [1.807, 2.05) is 0 Å². The molecular weight excluding hydrogens is 367 g/mol. The minimum atomic E-state index is -2.98. The Balaban J connectivity index is 2.23. The largest absolute Gasteiger partial charge is 0.283 e. The van der Waals surface area contributed by atoms with Gasteiger partial charge in [0.25, 0.3) is 6.43 Å². The van der Waals surface area contributed by atoms with E-state index in [9.17, 15) is 26.9 Å². The predicted molar refractivity (Wildman–Crippen MR) is 89.2 cm³/mol. The highest BCUT2D eigenvalue weighted by molar-refractivity contribution is 7.73. The van der Waals surface area contributed by atoms with Crippen molar-refractivity contribution in [3.8, 4) is 17.3 Å². The molecule has 0 unspecified atom stereocenters. The Labute approximate surface area is 147 Å². The smallest absolute Gasteiger partial charge is 0.232 e. The highest BCUT2D eigenvalue weighted by atomic mass is 32.2. The van der Waals surface area contributed by atoms with Crippen LogP contribution >= 0.6 is 0 Å². The molecule has 132 valence electrons. The molecule has 3 rings (SSSR count). The predicted octanol–water partition coefficient (Wildman–Crippen LogP) is 3.35. The second-order valence-electron chi connectivity index (χ2n) is 5.31. The number of allylic oxidation sites excluding steroid dienone is 4. The van der Waals surface area contributed by atoms with Crippen LogP contribution in [0.2, 0.25) is 0 Å². The molecule has 0 bridgehead atoms. The van der Waals surface area contributed by atoms with Crippen LogP contribution in [-0.4, -0.2) is 23.1 Å². The van der Waals surface area contributed by atoms with Crippen LogP contribution in [0, 0.1) is 17.1 Å². The minimum Gasteiger partial charge on any atom is -0.232 e. The van der Waals surface area contributed by atoms with Crippen molar-refractivity contribution in [3.63, 3.8) is 0 Å². The molecule has 26 heavy (non-hydrogen) atoms. The molecule has 0 aliphatic heterocycles. The first-order valence-corrected chi connectivity index (χ1v) is 8.40. The zero-order valence-electron chi connectivity index (χ0n) is 13.0. The third-order valence-corrected chi connectivity index (χ3v) is 4.49. The quantitative estimate of drug-likeness (QED) is 0.769. The summed E-state index contributed by atoms with van der Waals surface area (Å²) < 4.78 is 63.0. The standard InChI is InChI=1S/C17H10F3N3O2S/c18-11-3-1-10(2-4-11)16-14(9-21)15(17(19)20)22-23(16)12-5-7-13(8-6-12)26(24)25/h1-7,17H,8H2. The average Bonchev–Trinajstić information content (AvgIpc) is 3.02. The normalized spacial score (nSPS) is 13.7. The maximum atomic E-state index is 13.3. The second-order valence-corrected chi connectivity index (χ2v) is 6.30. The van der Waals surface area contributed by atoms with E-state index < -0.39 is 28.2 Å². The zero-order chi connectivity index (χ0) is 18.8. The van der Waals surface area contributed by atoms with Crippen molar-refractivity contribution in [2.24, 2.45) is 0 Å². The molecule has 9 heteroatoms. The molecule has 1 heterocycles. The number of nitrogens with zero attached hydrogens (tertiary/aromatic N) is 3. The van der Waals surface area contributed by atoms with Crippen molar-refractivity contribution in [2.75, 3.05) is 0 Å². The molecule has 0 fully saturated rings. The summed E-state index contributed by atoms with van der Waals surface area (Å²) in [4.78, 5) is 0.138. The number of nitriles is 1. The van der Waals surface area contributed by atoms with Gasteiger partial charge in [-0.3, -0.25) is 0 Å². The number of alkyl halides is 2. The molecule has 0 amide bonds. The van der Waals surface area contributed by atoms with Gasteiger partial charge in [0, 0.05) is 12.0 Å². The highest BCUT2D eigenvalue weighted by Gasteiger charge is 2.26. The van der Waals surface area contributed by atoms with Gasteiger partial charge in [-0.2, -0.15) is 18.8 Å². The first kappa shape index (κ1) is 17.7. The SMILES string of the molecule is N#Cc1c(C(F)F)nn(C2=CCC(=S(=O)=O)C=C2)c1-c1ccc(F)cc1. The molecule has 1 aromatic heterocycles. The van der Waals surface area contributed by atoms with Gasteiger partial charge in [0.1, 0.15) is 23.1 Å². The molecule has 0 spiro atoms. The van der Waals surface area contributed by atoms with Gasteiger partial charge in [0.05, 0.1) is 16.3 Å². The summed E-state index contributed by atoms with van der Waals surface area (Å²) >= 11 is 0. The topological polar surface area (TPSA) is 75.8 Å². The molecule has 1 aromatic carbocycles. The molecule has 0 saturated heterocycles. The first-order chi connectivity index (χ1) is 12.4. The number of hydrogen-bond acceptors (Lipinski definition) is 4. The van der Waals surface area contributed by atoms with Crippen molar-refractivity contribution in [2.45, 2.75) is 12.8 Å². The number of benzene rings is 1. The van der Waals surface area contributed by atoms with Crippen molar-refractivity contribution in [1.29, 1.82) is 5.26 Å². The Kier molecular flexibility index (Phi) is 4.77. The van der Waals surface area contributed by atoms with E-state index in [0.717, 1.165) is 16.8 Å². The molecule has 0 N–H and O–H groups in total. The Morgan fingerprint density at radius 3 is 2.38 bits per heavy atom. The molecule has 5 nitrogen and oxygen atoms in total. The van der Waals surface area contributed by atoms with Gasteiger partial charge in [0.2, 0.25) is 10.3 Å². The number of halogens is 3. The number of hydrogen-bond donors (Lipinski definition) is 0. The Bertz CT molecular complexity index is 1100. The molecular formula is C17H10F3N3O2S. The molecule has 0 radical (unpaired) electrons. The molecule has 0 atom stereocenters. The first-order valence-electron chi connectivity index (χ1n) is 7.33. The van der Waals surface area contributed by atoms with Crippen molar-refractivity contribution < 1.29 is 21.6 Å². The van der Waals surface area contributed by atoms with E-state index in [4.69, 9.17) is 0 Å². The summed E-state index contributed by atoms with van der Waals surface area (Å²) in [5.74, 6) is -0.513. The lowest BCUT2D eigenvalue weighted by molar-refractivity contribution is 0.145. The van der Waals surface area contributed by atoms with Crippen LogP contribution < -0.4 is 0 Å². The third-order valence-electron chi connectivity index (χ3n) is 3.76. The Morgan fingerprint density at radius 1 is 1.19 bits per heavy atom. The maximum Gasteiger partial charge on any atom is 0.283 e. The monoisotopic (exact) mass is 377 g/mol. The Morgan fingerprint density at radius 2 is 1.88 bits per heavy atom. The van der Waals surface area contributed by atoms with E-state index in [-0.39, 0.29) is 22.5 Å². The van der Waals surface area contributed by atoms with E-state index in [1.54, 1.807) is 6.07 Å². The van der Waals surface area contributed by atoms with E-state index in [1.165, 1.54) is 30.4 Å². The fourth-order valence-corrected chi connectivity index (χ4v) is 2.96. The maximum absolute atomic E-state index is 13.3. The van der Waals surface area contributed by atoms with Crippen LogP contribution in [-0.2, 0) is 10.3 Å². The van der Waals surface area contributed by atoms with E-state index in [2.05, 4.69) is 5.10 Å². The van der Waals surface area contributed by atoms with E-state index >= 15 is 0 Å². The summed E-state index contributed by atoms with van der Waals surface area (Å²) in [5, 5.41) is 13.2. The summed E-state index contributed by atoms with van der Waals surface area (Å²) in [5.41, 5.74) is -0.252. The lowest BCUT2D eigenvalue weighted by Crippen LogP contribution is -2.06. The fourth-order valence-electron chi connectivity index (χ4n) is 2.56. The van der Waals surface area contributed by atoms with Crippen molar-refractivity contribution in [3.05, 3.63) is 59.6 Å². The van der Waals surface area contributed by atoms with Crippen LogP contribution in [0.25, 0.3) is 17.0 Å². The summed E-state index contributed by atoms with van der Waals surface area (Å²) in [6, 6.07) is 6.74. The average molecular weight is 377 g/mol. The van der Waals surface area contributed by atoms with Gasteiger partial charge in [-0.15, -0.1) is 0 Å². The van der Waals surface area contributed by atoms with Gasteiger partial charge < -0.3 is 0 Å². The van der Waals surface area contributed by atoms with E-state index in [0.29, 0.717) is 11.3 Å². The summed E-state index contributed by atoms with van der Waals surface area (Å²) in [7, 11) is -2.38. The van der Waals surface area contributed by atoms with Crippen LogP contribution in [0.4, 0.5) is 13.2 Å². The van der Waals surface area contributed by atoms with Gasteiger partial charge in [-0.25, -0.2) is 17.9 Å². The van der Waals surface area contributed by atoms with Crippen LogP contribution in [0.5, 0.6) is 0 Å². The molecule has 2 aromatic rings. The van der Waals surface area contributed by atoms with Gasteiger partial charge in [0.15, 0.2) is 0 Å². The third kappa shape index (κ3) is 3.19. The lowest BCUT2D eigenvalue weighted by Gasteiger charge is -2.12. The van der Waals surface area contributed by atoms with Crippen molar-refractivity contribution in [1.82, 2.24) is 9.78 Å². The van der Waals surface area contributed by atoms with Crippen molar-refractivity contribution >= 4 is 20.9 Å². The van der Waals surface area contributed by atoms with Gasteiger partial charge >= 0.3 is 0 Å². The minimum absolute atomic E-state index is 0.0660. The van der Waals surface area contributed by atoms with Crippen LogP contribution in [0.1, 0.15) is 24.1 Å². The zero-order valence-corrected chi connectivity index (χ0v) is 13.8.